The molecule has 2 fully saturated rings. The second-order valence-corrected chi connectivity index (χ2v) is 6.34. The van der Waals surface area contributed by atoms with Crippen LogP contribution in [0.3, 0.4) is 0 Å². The van der Waals surface area contributed by atoms with Crippen LogP contribution in [-0.4, -0.2) is 5.91 Å². The maximum atomic E-state index is 12.4. The Morgan fingerprint density at radius 3 is 2.44 bits per heavy atom. The minimum absolute atomic E-state index is 0.215. The summed E-state index contributed by atoms with van der Waals surface area (Å²) >= 11 is 0. The SMILES string of the molecule is CC(NC(=O)C1CC2C=CC1CC2C)=C1CCC1. The summed E-state index contributed by atoms with van der Waals surface area (Å²) in [5.41, 5.74) is 2.58. The van der Waals surface area contributed by atoms with Crippen molar-refractivity contribution in [2.75, 3.05) is 0 Å². The summed E-state index contributed by atoms with van der Waals surface area (Å²) < 4.78 is 0. The largest absolute Gasteiger partial charge is 0.330 e. The number of amides is 1. The zero-order valence-corrected chi connectivity index (χ0v) is 11.4. The first-order valence-electron chi connectivity index (χ1n) is 7.33. The number of nitrogens with one attached hydrogen (secondary N) is 1. The Morgan fingerprint density at radius 1 is 1.22 bits per heavy atom. The van der Waals surface area contributed by atoms with Crippen molar-refractivity contribution >= 4 is 5.91 Å². The molecule has 2 bridgehead atoms. The molecule has 0 heterocycles. The number of hydrogen-bond donors (Lipinski definition) is 1. The van der Waals surface area contributed by atoms with Gasteiger partial charge in [-0.2, -0.15) is 0 Å². The normalized spacial score (nSPS) is 37.3. The molecule has 0 saturated heterocycles. The molecular weight excluding hydrogens is 222 g/mol. The highest BCUT2D eigenvalue weighted by atomic mass is 16.1. The second-order valence-electron chi connectivity index (χ2n) is 6.34. The topological polar surface area (TPSA) is 29.1 Å². The molecule has 98 valence electrons. The number of allylic oxidation sites excluding steroid dienone is 4. The molecule has 18 heavy (non-hydrogen) atoms. The van der Waals surface area contributed by atoms with Gasteiger partial charge in [-0.25, -0.2) is 0 Å². The molecule has 0 aromatic carbocycles. The molecule has 4 aliphatic rings. The second kappa shape index (κ2) is 4.56. The Kier molecular flexibility index (Phi) is 3.04. The Morgan fingerprint density at radius 2 is 1.94 bits per heavy atom. The van der Waals surface area contributed by atoms with Gasteiger partial charge in [-0.3, -0.25) is 4.79 Å². The highest BCUT2D eigenvalue weighted by Gasteiger charge is 2.39. The van der Waals surface area contributed by atoms with Crippen molar-refractivity contribution in [1.29, 1.82) is 0 Å². The summed E-state index contributed by atoms with van der Waals surface area (Å²) in [5, 5.41) is 3.16. The molecule has 4 rings (SSSR count). The van der Waals surface area contributed by atoms with E-state index in [0.717, 1.165) is 18.0 Å². The van der Waals surface area contributed by atoms with Gasteiger partial charge in [-0.05, 0) is 56.8 Å². The van der Waals surface area contributed by atoms with E-state index in [4.69, 9.17) is 0 Å². The molecule has 4 aliphatic carbocycles. The lowest BCUT2D eigenvalue weighted by atomic mass is 9.64. The highest BCUT2D eigenvalue weighted by molar-refractivity contribution is 5.81. The van der Waals surface area contributed by atoms with Crippen LogP contribution >= 0.6 is 0 Å². The number of carbonyl (C=O) groups is 1. The smallest absolute Gasteiger partial charge is 0.227 e. The van der Waals surface area contributed by atoms with Gasteiger partial charge in [0.05, 0.1) is 0 Å². The van der Waals surface area contributed by atoms with Crippen molar-refractivity contribution in [2.24, 2.45) is 23.7 Å². The molecule has 4 unspecified atom stereocenters. The molecule has 0 aliphatic heterocycles. The van der Waals surface area contributed by atoms with Gasteiger partial charge in [0.15, 0.2) is 0 Å². The third-order valence-electron chi connectivity index (χ3n) is 5.16. The Bertz CT molecular complexity index is 415. The van der Waals surface area contributed by atoms with Crippen molar-refractivity contribution in [1.82, 2.24) is 5.32 Å². The maximum Gasteiger partial charge on any atom is 0.227 e. The Hall–Kier alpha value is -1.05. The van der Waals surface area contributed by atoms with Gasteiger partial charge in [-0.15, -0.1) is 0 Å². The molecule has 4 atom stereocenters. The van der Waals surface area contributed by atoms with E-state index in [2.05, 4.69) is 31.3 Å². The molecule has 0 aromatic rings. The van der Waals surface area contributed by atoms with Crippen molar-refractivity contribution in [2.45, 2.75) is 46.0 Å². The van der Waals surface area contributed by atoms with E-state index in [1.165, 1.54) is 31.3 Å². The third-order valence-corrected chi connectivity index (χ3v) is 5.16. The summed E-state index contributed by atoms with van der Waals surface area (Å²) in [7, 11) is 0. The van der Waals surface area contributed by atoms with Crippen LogP contribution < -0.4 is 5.32 Å². The third kappa shape index (κ3) is 2.02. The number of rotatable bonds is 2. The van der Waals surface area contributed by atoms with Crippen LogP contribution in [0.5, 0.6) is 0 Å². The summed E-state index contributed by atoms with van der Waals surface area (Å²) in [6.45, 7) is 4.38. The van der Waals surface area contributed by atoms with Crippen LogP contribution in [0.25, 0.3) is 0 Å². The van der Waals surface area contributed by atoms with E-state index in [1.807, 2.05) is 0 Å². The van der Waals surface area contributed by atoms with Crippen LogP contribution in [0.15, 0.2) is 23.4 Å². The van der Waals surface area contributed by atoms with Gasteiger partial charge in [-0.1, -0.05) is 24.6 Å². The van der Waals surface area contributed by atoms with Gasteiger partial charge in [0.1, 0.15) is 0 Å². The zero-order valence-electron chi connectivity index (χ0n) is 11.4. The van der Waals surface area contributed by atoms with Crippen molar-refractivity contribution in [3.63, 3.8) is 0 Å². The van der Waals surface area contributed by atoms with E-state index in [1.54, 1.807) is 0 Å². The first-order valence-corrected chi connectivity index (χ1v) is 7.33. The quantitative estimate of drug-likeness (QED) is 0.742. The number of hydrogen-bond acceptors (Lipinski definition) is 1. The molecule has 2 heteroatoms. The van der Waals surface area contributed by atoms with Crippen molar-refractivity contribution in [3.8, 4) is 0 Å². The highest BCUT2D eigenvalue weighted by Crippen LogP contribution is 2.44. The minimum Gasteiger partial charge on any atom is -0.330 e. The molecular formula is C16H23NO. The zero-order chi connectivity index (χ0) is 12.7. The van der Waals surface area contributed by atoms with Gasteiger partial charge in [0.2, 0.25) is 5.91 Å². The van der Waals surface area contributed by atoms with E-state index in [0.29, 0.717) is 11.8 Å². The maximum absolute atomic E-state index is 12.4. The first kappa shape index (κ1) is 12.0. The number of carbonyl (C=O) groups excluding carboxylic acids is 1. The monoisotopic (exact) mass is 245 g/mol. The van der Waals surface area contributed by atoms with Crippen molar-refractivity contribution in [3.05, 3.63) is 23.4 Å². The van der Waals surface area contributed by atoms with E-state index in [-0.39, 0.29) is 11.8 Å². The van der Waals surface area contributed by atoms with Gasteiger partial charge < -0.3 is 5.32 Å². The summed E-state index contributed by atoms with van der Waals surface area (Å²) in [6, 6.07) is 0. The number of fused-ring (bicyclic) bond motifs is 2. The van der Waals surface area contributed by atoms with Crippen LogP contribution in [0.2, 0.25) is 0 Å². The van der Waals surface area contributed by atoms with Crippen LogP contribution in [0.4, 0.5) is 0 Å². The predicted octanol–water partition coefficient (Wildman–Crippen LogP) is 3.41. The lowest BCUT2D eigenvalue weighted by Gasteiger charge is -2.41. The molecule has 2 saturated carbocycles. The molecule has 0 radical (unpaired) electrons. The average molecular weight is 245 g/mol. The van der Waals surface area contributed by atoms with E-state index < -0.39 is 0 Å². The van der Waals surface area contributed by atoms with Crippen LogP contribution in [0.1, 0.15) is 46.0 Å². The summed E-state index contributed by atoms with van der Waals surface area (Å²) in [4.78, 5) is 12.4. The fourth-order valence-electron chi connectivity index (χ4n) is 3.63. The fraction of sp³-hybridized carbons (Fsp3) is 0.688. The molecule has 0 aromatic heterocycles. The summed E-state index contributed by atoms with van der Waals surface area (Å²) in [6.07, 6.45) is 10.5. The Labute approximate surface area is 110 Å². The first-order chi connectivity index (χ1) is 8.65. The fourth-order valence-corrected chi connectivity index (χ4v) is 3.63. The summed E-state index contributed by atoms with van der Waals surface area (Å²) in [5.74, 6) is 2.34. The lowest BCUT2D eigenvalue weighted by molar-refractivity contribution is -0.127. The van der Waals surface area contributed by atoms with Gasteiger partial charge >= 0.3 is 0 Å². The standard InChI is InChI=1S/C16H23NO/c1-10-8-14-7-6-13(10)9-15(14)16(18)17-11(2)12-4-3-5-12/h6-7,10,13-15H,3-5,8-9H2,1-2H3,(H,17,18). The van der Waals surface area contributed by atoms with Gasteiger partial charge in [0.25, 0.3) is 0 Å². The van der Waals surface area contributed by atoms with E-state index in [9.17, 15) is 4.79 Å². The predicted molar refractivity (Wildman–Crippen MR) is 72.7 cm³/mol. The average Bonchev–Trinajstić information content (AvgIpc) is 2.26. The lowest BCUT2D eigenvalue weighted by Crippen LogP contribution is -2.42. The van der Waals surface area contributed by atoms with E-state index >= 15 is 0 Å². The van der Waals surface area contributed by atoms with Crippen LogP contribution in [0, 0.1) is 23.7 Å². The molecule has 1 amide bonds. The minimum atomic E-state index is 0.215. The molecule has 2 nitrogen and oxygen atoms in total. The van der Waals surface area contributed by atoms with Crippen LogP contribution in [-0.2, 0) is 4.79 Å². The van der Waals surface area contributed by atoms with Crippen molar-refractivity contribution < 1.29 is 4.79 Å². The molecule has 1 N–H and O–H groups in total. The molecule has 0 spiro atoms. The van der Waals surface area contributed by atoms with Gasteiger partial charge in [0, 0.05) is 11.6 Å². The Balaban J connectivity index is 1.66.